The zero-order valence-electron chi connectivity index (χ0n) is 11.8. The molecule has 3 nitrogen and oxygen atoms in total. The van der Waals surface area contributed by atoms with Gasteiger partial charge in [-0.25, -0.2) is 0 Å². The smallest absolute Gasteiger partial charge is 0.115 e. The second-order valence-corrected chi connectivity index (χ2v) is 4.58. The van der Waals surface area contributed by atoms with Gasteiger partial charge in [-0.05, 0) is 48.5 Å². The first-order valence-electron chi connectivity index (χ1n) is 6.50. The third-order valence-electron chi connectivity index (χ3n) is 2.34. The van der Waals surface area contributed by atoms with Crippen LogP contribution >= 0.6 is 11.6 Å². The Morgan fingerprint density at radius 2 is 0.773 bits per heavy atom. The van der Waals surface area contributed by atoms with Crippen LogP contribution in [0.4, 0.5) is 0 Å². The Morgan fingerprint density at radius 3 is 1.00 bits per heavy atom. The summed E-state index contributed by atoms with van der Waals surface area (Å²) >= 11 is 5.50. The van der Waals surface area contributed by atoms with Crippen LogP contribution in [-0.4, -0.2) is 15.3 Å². The summed E-state index contributed by atoms with van der Waals surface area (Å²) in [5.41, 5.74) is 0. The third kappa shape index (κ3) is 8.51. The molecule has 4 heteroatoms. The van der Waals surface area contributed by atoms with E-state index in [0.29, 0.717) is 16.5 Å². The maximum absolute atomic E-state index is 8.70. The first-order valence-corrected chi connectivity index (χ1v) is 6.88. The summed E-state index contributed by atoms with van der Waals surface area (Å²) in [6.07, 6.45) is 0. The molecular weight excluding hydrogens is 300 g/mol. The molecule has 0 bridgehead atoms. The first-order chi connectivity index (χ1) is 10.6. The number of hydrogen-bond donors (Lipinski definition) is 3. The van der Waals surface area contributed by atoms with Crippen LogP contribution in [0, 0.1) is 0 Å². The van der Waals surface area contributed by atoms with Gasteiger partial charge in [-0.3, -0.25) is 0 Å². The molecule has 0 heterocycles. The van der Waals surface area contributed by atoms with Gasteiger partial charge in [-0.2, -0.15) is 0 Å². The molecule has 0 amide bonds. The largest absolute Gasteiger partial charge is 0.508 e. The van der Waals surface area contributed by atoms with Crippen LogP contribution in [0.3, 0.4) is 0 Å². The van der Waals surface area contributed by atoms with Crippen LogP contribution in [0.2, 0.25) is 5.02 Å². The summed E-state index contributed by atoms with van der Waals surface area (Å²) in [6, 6.07) is 23.8. The van der Waals surface area contributed by atoms with Gasteiger partial charge < -0.3 is 15.3 Å². The highest BCUT2D eigenvalue weighted by molar-refractivity contribution is 6.30. The van der Waals surface area contributed by atoms with E-state index >= 15 is 0 Å². The lowest BCUT2D eigenvalue weighted by atomic mass is 10.3. The molecule has 3 N–H and O–H groups in total. The van der Waals surface area contributed by atoms with E-state index in [1.807, 2.05) is 12.1 Å². The van der Waals surface area contributed by atoms with Gasteiger partial charge in [0.2, 0.25) is 0 Å². The molecule has 0 aliphatic heterocycles. The molecule has 0 aliphatic carbocycles. The van der Waals surface area contributed by atoms with Crippen molar-refractivity contribution in [3.05, 3.63) is 90.0 Å². The monoisotopic (exact) mass is 316 g/mol. The summed E-state index contributed by atoms with van der Waals surface area (Å²) in [6.45, 7) is 0. The Balaban J connectivity index is 0.000000166. The van der Waals surface area contributed by atoms with Crippen molar-refractivity contribution in [1.82, 2.24) is 0 Å². The molecular formula is C18H17ClO3. The molecule has 0 spiro atoms. The fraction of sp³-hybridized carbons (Fsp3) is 0. The lowest BCUT2D eigenvalue weighted by Gasteiger charge is -1.87. The van der Waals surface area contributed by atoms with Gasteiger partial charge in [-0.1, -0.05) is 48.0 Å². The van der Waals surface area contributed by atoms with E-state index in [1.54, 1.807) is 72.8 Å². The van der Waals surface area contributed by atoms with Crippen LogP contribution in [0.25, 0.3) is 0 Å². The average Bonchev–Trinajstić information content (AvgIpc) is 2.53. The summed E-state index contributed by atoms with van der Waals surface area (Å²) < 4.78 is 0. The van der Waals surface area contributed by atoms with E-state index in [-0.39, 0.29) is 5.75 Å². The Hall–Kier alpha value is -2.65. The van der Waals surface area contributed by atoms with Crippen molar-refractivity contribution in [2.75, 3.05) is 0 Å². The molecule has 0 aliphatic rings. The normalized spacial score (nSPS) is 8.77. The number of hydrogen-bond acceptors (Lipinski definition) is 3. The van der Waals surface area contributed by atoms with Gasteiger partial charge in [0.05, 0.1) is 0 Å². The van der Waals surface area contributed by atoms with E-state index in [2.05, 4.69) is 0 Å². The van der Waals surface area contributed by atoms with Crippen molar-refractivity contribution in [1.29, 1.82) is 0 Å². The minimum atomic E-state index is 0.245. The Morgan fingerprint density at radius 1 is 0.455 bits per heavy atom. The van der Waals surface area contributed by atoms with Crippen molar-refractivity contribution >= 4 is 11.6 Å². The zero-order chi connectivity index (χ0) is 16.2. The molecule has 3 aromatic rings. The highest BCUT2D eigenvalue weighted by atomic mass is 35.5. The highest BCUT2D eigenvalue weighted by Crippen LogP contribution is 2.12. The van der Waals surface area contributed by atoms with Crippen LogP contribution in [0.1, 0.15) is 0 Å². The summed E-state index contributed by atoms with van der Waals surface area (Å²) in [5.74, 6) is 0.888. The number of phenols is 3. The topological polar surface area (TPSA) is 60.7 Å². The minimum absolute atomic E-state index is 0.245. The van der Waals surface area contributed by atoms with Gasteiger partial charge in [0.25, 0.3) is 0 Å². The Bertz CT molecular complexity index is 567. The van der Waals surface area contributed by atoms with Crippen LogP contribution in [0.15, 0.2) is 84.9 Å². The van der Waals surface area contributed by atoms with Crippen molar-refractivity contribution in [3.8, 4) is 17.2 Å². The third-order valence-corrected chi connectivity index (χ3v) is 2.59. The maximum atomic E-state index is 8.70. The molecule has 0 radical (unpaired) electrons. The zero-order valence-corrected chi connectivity index (χ0v) is 12.6. The highest BCUT2D eigenvalue weighted by Gasteiger charge is 1.84. The van der Waals surface area contributed by atoms with Gasteiger partial charge in [0.1, 0.15) is 17.2 Å². The quantitative estimate of drug-likeness (QED) is 0.556. The van der Waals surface area contributed by atoms with Crippen LogP contribution < -0.4 is 0 Å². The lowest BCUT2D eigenvalue weighted by Crippen LogP contribution is -1.61. The number of halogens is 1. The van der Waals surface area contributed by atoms with Crippen LogP contribution in [-0.2, 0) is 0 Å². The fourth-order valence-electron chi connectivity index (χ4n) is 1.30. The second-order valence-electron chi connectivity index (χ2n) is 4.15. The molecule has 0 saturated carbocycles. The van der Waals surface area contributed by atoms with E-state index in [4.69, 9.17) is 26.9 Å². The van der Waals surface area contributed by atoms with Gasteiger partial charge >= 0.3 is 0 Å². The summed E-state index contributed by atoms with van der Waals surface area (Å²) in [5, 5.41) is 26.6. The number of para-hydroxylation sites is 2. The molecule has 22 heavy (non-hydrogen) atoms. The van der Waals surface area contributed by atoms with Crippen molar-refractivity contribution in [3.63, 3.8) is 0 Å². The van der Waals surface area contributed by atoms with Gasteiger partial charge in [0.15, 0.2) is 0 Å². The van der Waals surface area contributed by atoms with E-state index < -0.39 is 0 Å². The number of benzene rings is 3. The number of rotatable bonds is 0. The lowest BCUT2D eigenvalue weighted by molar-refractivity contribution is 0.475. The molecule has 114 valence electrons. The van der Waals surface area contributed by atoms with Crippen LogP contribution in [0.5, 0.6) is 17.2 Å². The fourth-order valence-corrected chi connectivity index (χ4v) is 1.42. The number of aromatic hydroxyl groups is 3. The molecule has 3 aromatic carbocycles. The molecule has 0 fully saturated rings. The first kappa shape index (κ1) is 17.4. The SMILES string of the molecule is Oc1ccc(Cl)cc1.Oc1ccccc1.Oc1ccccc1. The molecule has 0 unspecified atom stereocenters. The van der Waals surface area contributed by atoms with E-state index in [0.717, 1.165) is 0 Å². The van der Waals surface area contributed by atoms with Crippen molar-refractivity contribution in [2.45, 2.75) is 0 Å². The minimum Gasteiger partial charge on any atom is -0.508 e. The predicted octanol–water partition coefficient (Wildman–Crippen LogP) is 4.83. The molecule has 0 atom stereocenters. The van der Waals surface area contributed by atoms with Crippen molar-refractivity contribution < 1.29 is 15.3 Å². The molecule has 0 aromatic heterocycles. The molecule has 0 saturated heterocycles. The van der Waals surface area contributed by atoms with Crippen molar-refractivity contribution in [2.24, 2.45) is 0 Å². The standard InChI is InChI=1S/C6H5ClO.2C6H6O/c7-5-1-3-6(8)4-2-5;2*7-6-4-2-1-3-5-6/h1-4,8H;2*1-5,7H. The Kier molecular flexibility index (Phi) is 8.01. The Labute approximate surface area is 134 Å². The number of phenolic OH excluding ortho intramolecular Hbond substituents is 3. The van der Waals surface area contributed by atoms with E-state index in [9.17, 15) is 0 Å². The van der Waals surface area contributed by atoms with Gasteiger partial charge in [-0.15, -0.1) is 0 Å². The average molecular weight is 317 g/mol. The molecule has 3 rings (SSSR count). The predicted molar refractivity (Wildman–Crippen MR) is 89.3 cm³/mol. The summed E-state index contributed by atoms with van der Waals surface area (Å²) in [7, 11) is 0. The van der Waals surface area contributed by atoms with E-state index in [1.165, 1.54) is 0 Å². The second kappa shape index (κ2) is 10.1. The maximum Gasteiger partial charge on any atom is 0.115 e. The van der Waals surface area contributed by atoms with Gasteiger partial charge in [0, 0.05) is 5.02 Å². The summed E-state index contributed by atoms with van der Waals surface area (Å²) in [4.78, 5) is 0.